The number of ether oxygens (including phenoxy) is 1. The summed E-state index contributed by atoms with van der Waals surface area (Å²) in [7, 11) is 19.2. The summed E-state index contributed by atoms with van der Waals surface area (Å²) in [6.45, 7) is 73.7. The molecule has 0 saturated heterocycles. The number of hydrogen-bond donors (Lipinski definition) is 4. The molecule has 7 aliphatic rings. The second-order valence-corrected chi connectivity index (χ2v) is 38.2. The van der Waals surface area contributed by atoms with E-state index < -0.39 is 0 Å². The maximum absolute atomic E-state index is 9.16. The van der Waals surface area contributed by atoms with Gasteiger partial charge in [0.25, 0.3) is 0 Å². The van der Waals surface area contributed by atoms with Gasteiger partial charge in [0.1, 0.15) is 6.10 Å². The fraction of sp³-hybridized carbons (Fsp3) is 0.457. The van der Waals surface area contributed by atoms with Crippen LogP contribution in [0, 0.1) is 0 Å². The molecule has 0 amide bonds. The van der Waals surface area contributed by atoms with Gasteiger partial charge in [-0.05, 0) is 315 Å². The second-order valence-electron chi connectivity index (χ2n) is 37.6. The van der Waals surface area contributed by atoms with Gasteiger partial charge in [-0.15, -0.1) is 0 Å². The van der Waals surface area contributed by atoms with Crippen molar-refractivity contribution < 1.29 is 14.9 Å². The lowest BCUT2D eigenvalue weighted by Gasteiger charge is -2.24. The fourth-order valence-corrected chi connectivity index (χ4v) is 15.3. The van der Waals surface area contributed by atoms with Crippen molar-refractivity contribution in [2.75, 3.05) is 70.5 Å². The average Bonchev–Trinajstić information content (AvgIpc) is 0.866. The summed E-state index contributed by atoms with van der Waals surface area (Å²) in [5, 5.41) is 24.4. The third kappa shape index (κ3) is 49.8. The molecule has 0 aliphatic heterocycles. The van der Waals surface area contributed by atoms with Crippen LogP contribution < -0.4 is 10.6 Å². The summed E-state index contributed by atoms with van der Waals surface area (Å²) >= 11 is 4.86. The third-order valence-electron chi connectivity index (χ3n) is 25.8. The number of hydrogen-bond acceptors (Lipinski definition) is 10. The van der Waals surface area contributed by atoms with E-state index in [1.807, 2.05) is 120 Å². The molecule has 0 spiro atoms. The minimum atomic E-state index is -0.389. The quantitative estimate of drug-likeness (QED) is 0.0522. The topological polar surface area (TPSA) is 86.7 Å². The molecular weight excluding hydrogens is 1690 g/mol. The molecule has 0 fully saturated rings. The highest BCUT2D eigenvalue weighted by Crippen LogP contribution is 2.32. The molecule has 14 rings (SSSR count). The molecule has 0 saturated carbocycles. The van der Waals surface area contributed by atoms with Gasteiger partial charge in [0, 0.05) is 106 Å². The first-order valence-electron chi connectivity index (χ1n) is 50.6. The Kier molecular flexibility index (Phi) is 65.9. The lowest BCUT2D eigenvalue weighted by Crippen LogP contribution is -2.25. The number of thiocarbonyl (C=S) groups is 1. The van der Waals surface area contributed by atoms with E-state index in [4.69, 9.17) is 27.2 Å². The Hall–Kier alpha value is -10.2. The Balaban J connectivity index is 0.00000147. The SMILES string of the molecule is C=C(C(CC)OC(C)=S)N(C)C.C=C(C(O)CC)N(C)C.C=C(CCC)N(C)C.C=C(CCC)NC.C=C(NC)C(O)CC.C=CN(C)C.CC.CC.CC1=C(C)Cc2ccccc2C1.CC1=C(C)Cc2ccccc2C1.CC1=C(C)Cc2ccccc2C1.CC1=C(C)Cc2ccccc2C1.CC1=C(C)Cc2ccccc2C1.CC1=C(C)Cc2ccccc2C1.CC1=C(C)Cc2ccccc2C1. The molecule has 7 aromatic carbocycles. The van der Waals surface area contributed by atoms with Crippen LogP contribution in [0.1, 0.15) is 289 Å². The maximum atomic E-state index is 9.16. The molecule has 3 atom stereocenters. The first-order valence-corrected chi connectivity index (χ1v) is 51.0. The van der Waals surface area contributed by atoms with Crippen LogP contribution in [0.15, 0.2) is 322 Å². The Bertz CT molecular complexity index is 4140. The number of fused-ring (bicyclic) bond motifs is 7. The van der Waals surface area contributed by atoms with Gasteiger partial charge in [0.15, 0.2) is 5.05 Å². The highest BCUT2D eigenvalue weighted by atomic mass is 32.1. The molecule has 3 unspecified atom stereocenters. The van der Waals surface area contributed by atoms with Crippen LogP contribution in [0.3, 0.4) is 0 Å². The normalized spacial score (nSPS) is 13.8. The van der Waals surface area contributed by atoms with Crippen molar-refractivity contribution >= 4 is 17.3 Å². The van der Waals surface area contributed by atoms with E-state index in [0.29, 0.717) is 10.7 Å². The Morgan fingerprint density at radius 1 is 0.321 bits per heavy atom. The Labute approximate surface area is 846 Å². The van der Waals surface area contributed by atoms with Crippen molar-refractivity contribution in [3.63, 3.8) is 0 Å². The zero-order chi connectivity index (χ0) is 104. The first kappa shape index (κ1) is 127. The Morgan fingerprint density at radius 3 is 0.591 bits per heavy atom. The number of aliphatic hydroxyl groups is 2. The molecular formula is C127H192N6O3S. The predicted octanol–water partition coefficient (Wildman–Crippen LogP) is 31.5. The van der Waals surface area contributed by atoms with Crippen LogP contribution in [-0.4, -0.2) is 124 Å². The molecule has 137 heavy (non-hydrogen) atoms. The molecule has 9 nitrogen and oxygen atoms in total. The van der Waals surface area contributed by atoms with E-state index in [9.17, 15) is 0 Å². The van der Waals surface area contributed by atoms with Crippen molar-refractivity contribution in [1.29, 1.82) is 0 Å². The molecule has 754 valence electrons. The molecule has 10 heteroatoms. The van der Waals surface area contributed by atoms with Crippen LogP contribution in [0.4, 0.5) is 0 Å². The maximum Gasteiger partial charge on any atom is 0.157 e. The predicted molar refractivity (Wildman–Crippen MR) is 613 cm³/mol. The third-order valence-corrected chi connectivity index (χ3v) is 25.9. The van der Waals surface area contributed by atoms with Crippen LogP contribution >= 0.6 is 12.2 Å². The zero-order valence-corrected chi connectivity index (χ0v) is 93.9. The summed E-state index contributed by atoms with van der Waals surface area (Å²) in [5.74, 6) is 0. The lowest BCUT2D eigenvalue weighted by molar-refractivity contribution is 0.176. The molecule has 0 bridgehead atoms. The van der Waals surface area contributed by atoms with Crippen molar-refractivity contribution in [3.05, 3.63) is 400 Å². The van der Waals surface area contributed by atoms with E-state index >= 15 is 0 Å². The van der Waals surface area contributed by atoms with Crippen LogP contribution in [0.2, 0.25) is 0 Å². The standard InChI is InChI=1S/7C12H14.C9H17NOS.C7H15NO.C7H15N.C6H13NO.C6H13N.C4H9N.2C2H6/c7*1-9-7-11-5-3-4-6-12(11)8-10(9)2;1-6-9(11-8(3)12)7(2)10(4)5;1-5-7(9)6(2)8(3)4;1-5-6-7(2)8(3)4;1-4-6(8)5(2)7-3;1-4-5-6(2)7-3;1-4-5(2)3;2*1-2/h7*3-6H,7-8H2,1-2H3;9H,2,6H2,1,3-5H3;7,9H,2,5H2,1,3-4H3;2,5-6H2,1,3-4H3;6-8H,2,4H2,1,3H3;7H,2,4-5H2,1,3H3;4H,1H2,2-3H3;2*1-2H3. The van der Waals surface area contributed by atoms with Crippen LogP contribution in [-0.2, 0) is 94.6 Å². The monoisotopic (exact) mass is 1880 g/mol. The van der Waals surface area contributed by atoms with Crippen LogP contribution in [0.25, 0.3) is 0 Å². The number of nitrogens with zero attached hydrogens (tertiary/aromatic N) is 4. The van der Waals surface area contributed by atoms with Crippen LogP contribution in [0.5, 0.6) is 0 Å². The number of benzene rings is 7. The molecule has 7 aliphatic carbocycles. The van der Waals surface area contributed by atoms with Gasteiger partial charge < -0.3 is 45.2 Å². The summed E-state index contributed by atoms with van der Waals surface area (Å²) < 4.78 is 5.41. The second kappa shape index (κ2) is 71.3. The van der Waals surface area contributed by atoms with Gasteiger partial charge in [-0.1, -0.05) is 363 Å². The van der Waals surface area contributed by atoms with Crippen molar-refractivity contribution in [2.45, 2.75) is 319 Å². The molecule has 4 N–H and O–H groups in total. The number of likely N-dealkylation sites (N-methyl/N-ethyl adjacent to an activating group) is 3. The molecule has 0 radical (unpaired) electrons. The smallest absolute Gasteiger partial charge is 0.157 e. The van der Waals surface area contributed by atoms with Crippen molar-refractivity contribution in [2.24, 2.45) is 0 Å². The summed E-state index contributed by atoms with van der Waals surface area (Å²) in [6.07, 6.45) is 24.1. The minimum absolute atomic E-state index is 0.0255. The first-order chi connectivity index (χ1) is 65.0. The van der Waals surface area contributed by atoms with Gasteiger partial charge in [-0.2, -0.15) is 0 Å². The number of rotatable bonds is 17. The van der Waals surface area contributed by atoms with Gasteiger partial charge >= 0.3 is 0 Å². The Morgan fingerprint density at radius 2 is 0.504 bits per heavy atom. The van der Waals surface area contributed by atoms with Crippen molar-refractivity contribution in [1.82, 2.24) is 30.2 Å². The van der Waals surface area contributed by atoms with Gasteiger partial charge in [0.05, 0.1) is 12.2 Å². The highest BCUT2D eigenvalue weighted by Gasteiger charge is 2.19. The highest BCUT2D eigenvalue weighted by molar-refractivity contribution is 7.80. The fourth-order valence-electron chi connectivity index (χ4n) is 15.2. The van der Waals surface area contributed by atoms with Crippen molar-refractivity contribution in [3.8, 4) is 0 Å². The van der Waals surface area contributed by atoms with E-state index in [2.05, 4.69) is 343 Å². The van der Waals surface area contributed by atoms with E-state index in [-0.39, 0.29) is 18.3 Å². The van der Waals surface area contributed by atoms with Gasteiger partial charge in [-0.3, -0.25) is 0 Å². The number of nitrogens with one attached hydrogen (secondary N) is 2. The van der Waals surface area contributed by atoms with E-state index in [0.717, 1.165) is 139 Å². The van der Waals surface area contributed by atoms with E-state index in [1.54, 1.807) is 98.2 Å². The van der Waals surface area contributed by atoms with E-state index in [1.165, 1.54) is 96.4 Å². The lowest BCUT2D eigenvalue weighted by atomic mass is 9.88. The number of allylic oxidation sites excluding steroid dienone is 16. The zero-order valence-electron chi connectivity index (χ0n) is 93.1. The molecule has 0 aromatic heterocycles. The van der Waals surface area contributed by atoms with Gasteiger partial charge in [-0.25, -0.2) is 0 Å². The molecule has 7 aromatic rings. The van der Waals surface area contributed by atoms with Gasteiger partial charge in [0.2, 0.25) is 0 Å². The molecule has 0 heterocycles. The largest absolute Gasteiger partial charge is 0.478 e. The average molecular weight is 1880 g/mol. The number of aliphatic hydroxyl groups excluding tert-OH is 2. The summed E-state index contributed by atoms with van der Waals surface area (Å²) in [6, 6.07) is 61.2. The summed E-state index contributed by atoms with van der Waals surface area (Å²) in [4.78, 5) is 7.73. The summed E-state index contributed by atoms with van der Waals surface area (Å²) in [5.41, 5.74) is 47.7. The minimum Gasteiger partial charge on any atom is -0.478 e.